The van der Waals surface area contributed by atoms with E-state index >= 15 is 0 Å². The van der Waals surface area contributed by atoms with Crippen LogP contribution >= 0.6 is 23.4 Å². The van der Waals surface area contributed by atoms with Crippen LogP contribution in [-0.2, 0) is 52.3 Å². The lowest BCUT2D eigenvalue weighted by Crippen LogP contribution is -2.15. The van der Waals surface area contributed by atoms with Gasteiger partial charge in [0.2, 0.25) is 0 Å². The molecule has 0 spiro atoms. The van der Waals surface area contributed by atoms with Crippen molar-refractivity contribution in [3.8, 4) is 16.9 Å². The van der Waals surface area contributed by atoms with Crippen molar-refractivity contribution in [2.75, 3.05) is 6.61 Å². The third-order valence-corrected chi connectivity index (χ3v) is 10.7. The van der Waals surface area contributed by atoms with Gasteiger partial charge in [-0.1, -0.05) is 41.9 Å². The van der Waals surface area contributed by atoms with Crippen LogP contribution < -0.4 is 10.1 Å². The maximum atomic E-state index is 12.8. The third-order valence-electron chi connectivity index (χ3n) is 9.41. The molecule has 2 aliphatic heterocycles. The molecule has 6 aromatic rings. The fourth-order valence-electron chi connectivity index (χ4n) is 7.31. The van der Waals surface area contributed by atoms with E-state index in [-0.39, 0.29) is 5.69 Å². The van der Waals surface area contributed by atoms with Gasteiger partial charge in [0.05, 0.1) is 28.5 Å². The van der Waals surface area contributed by atoms with Crippen LogP contribution in [0.25, 0.3) is 32.8 Å². The van der Waals surface area contributed by atoms with E-state index in [1.54, 1.807) is 16.3 Å². The Morgan fingerprint density at radius 3 is 2.74 bits per heavy atom. The maximum absolute atomic E-state index is 12.8. The molecule has 0 unspecified atom stereocenters. The molecule has 11 heteroatoms. The second-order valence-electron chi connectivity index (χ2n) is 12.3. The molecule has 47 heavy (non-hydrogen) atoms. The molecule has 0 saturated carbocycles. The molecule has 8 bridgehead atoms. The monoisotopic (exact) mass is 666 g/mol. The van der Waals surface area contributed by atoms with Gasteiger partial charge in [-0.2, -0.15) is 10.2 Å². The molecule has 3 aromatic carbocycles. The number of fused-ring (bicyclic) bond motifs is 10. The van der Waals surface area contributed by atoms with Crippen molar-refractivity contribution in [1.82, 2.24) is 29.4 Å². The fraction of sp³-hybridized carbons (Fsp3) is 0.306. The van der Waals surface area contributed by atoms with Gasteiger partial charge in [-0.05, 0) is 60.9 Å². The summed E-state index contributed by atoms with van der Waals surface area (Å²) in [5.41, 5.74) is 7.92. The van der Waals surface area contributed by atoms with Gasteiger partial charge < -0.3 is 19.7 Å². The molecule has 0 amide bonds. The number of thioether (sulfide) groups is 1. The van der Waals surface area contributed by atoms with Crippen molar-refractivity contribution >= 4 is 51.0 Å². The number of rotatable bonds is 1. The smallest absolute Gasteiger partial charge is 0.352 e. The predicted octanol–water partition coefficient (Wildman–Crippen LogP) is 7.13. The number of aromatic carboxylic acids is 1. The lowest BCUT2D eigenvalue weighted by molar-refractivity contribution is 0.0685. The zero-order chi connectivity index (χ0) is 32.2. The number of ether oxygens (including phenoxy) is 1. The summed E-state index contributed by atoms with van der Waals surface area (Å²) in [6.07, 6.45) is 3.11. The summed E-state index contributed by atoms with van der Waals surface area (Å²) in [6.45, 7) is 2.42. The average molecular weight is 667 g/mol. The number of benzene rings is 3. The lowest BCUT2D eigenvalue weighted by atomic mass is 9.97. The van der Waals surface area contributed by atoms with Crippen LogP contribution in [0.5, 0.6) is 5.75 Å². The minimum absolute atomic E-state index is 0.281. The van der Waals surface area contributed by atoms with Gasteiger partial charge in [-0.15, -0.1) is 11.8 Å². The van der Waals surface area contributed by atoms with Crippen LogP contribution in [0.3, 0.4) is 0 Å². The Bertz CT molecular complexity index is 2200. The predicted molar refractivity (Wildman–Crippen MR) is 186 cm³/mol. The van der Waals surface area contributed by atoms with Crippen molar-refractivity contribution in [3.63, 3.8) is 0 Å². The molecule has 9 nitrogen and oxygen atoms in total. The van der Waals surface area contributed by atoms with Gasteiger partial charge in [0, 0.05) is 77.7 Å². The molecule has 0 aliphatic carbocycles. The number of carboxylic acids is 1. The van der Waals surface area contributed by atoms with Crippen LogP contribution in [0, 0.1) is 0 Å². The molecular weight excluding hydrogens is 632 g/mol. The number of aromatic nitrogens is 5. The first-order valence-electron chi connectivity index (χ1n) is 16.0. The van der Waals surface area contributed by atoms with E-state index in [1.807, 2.05) is 43.0 Å². The van der Waals surface area contributed by atoms with Crippen LogP contribution in [0.15, 0.2) is 59.5 Å². The van der Waals surface area contributed by atoms with Crippen LogP contribution in [0.2, 0.25) is 5.02 Å². The van der Waals surface area contributed by atoms with Crippen molar-refractivity contribution < 1.29 is 14.6 Å². The molecule has 8 rings (SSSR count). The molecule has 2 aliphatic rings. The first-order chi connectivity index (χ1) is 22.9. The number of nitrogens with zero attached hydrogens (tertiary/aromatic N) is 5. The first-order valence-corrected chi connectivity index (χ1v) is 17.4. The van der Waals surface area contributed by atoms with Gasteiger partial charge in [-0.25, -0.2) is 4.79 Å². The summed E-state index contributed by atoms with van der Waals surface area (Å²) >= 11 is 8.80. The quantitative estimate of drug-likeness (QED) is 0.193. The van der Waals surface area contributed by atoms with Crippen LogP contribution in [-0.4, -0.2) is 41.8 Å². The highest BCUT2D eigenvalue weighted by Crippen LogP contribution is 2.43. The standard InChI is InChI=1S/C36H35ClN6O3S/c1-41-34-27-11-12-28(37)32(34)33-29(40-43-13-5-10-30(33)43)19-38-18-22-16-23(42(2)39-22)20-47-24-15-21-7-3-4-8-25(21)31(17-24)46-14-6-9-26(27)35(41)36(44)45/h3-4,7-8,11-12,15-17,38H,5-6,9-10,13-14,18-20H2,1-2H3,(H,44,45). The number of aryl methyl sites for hydroxylation is 4. The summed E-state index contributed by atoms with van der Waals surface area (Å²) in [5, 5.41) is 27.6. The molecule has 3 aromatic heterocycles. The number of carbonyl (C=O) groups is 1. The maximum Gasteiger partial charge on any atom is 0.352 e. The summed E-state index contributed by atoms with van der Waals surface area (Å²) in [5.74, 6) is 0.651. The number of hydrogen-bond acceptors (Lipinski definition) is 6. The SMILES string of the molecule is Cn1nc2cc1CSc1cc(c3ccccc3c1)OCCCc1c(C(=O)O)n(C)c3c(c(Cl)ccc13)-c1c(nn3c1CCC3)CNC2. The van der Waals surface area contributed by atoms with Gasteiger partial charge in [0.15, 0.2) is 0 Å². The Labute approximate surface area is 281 Å². The van der Waals surface area contributed by atoms with E-state index in [4.69, 9.17) is 26.5 Å². The van der Waals surface area contributed by atoms with E-state index in [0.29, 0.717) is 37.6 Å². The number of hydrogen-bond donors (Lipinski definition) is 2. The zero-order valence-electron chi connectivity index (χ0n) is 26.3. The molecule has 2 N–H and O–H groups in total. The minimum Gasteiger partial charge on any atom is -0.493 e. The minimum atomic E-state index is -0.955. The van der Waals surface area contributed by atoms with E-state index in [0.717, 1.165) is 96.9 Å². The Morgan fingerprint density at radius 2 is 1.87 bits per heavy atom. The Balaban J connectivity index is 1.26. The third kappa shape index (κ3) is 5.28. The second-order valence-corrected chi connectivity index (χ2v) is 13.8. The molecule has 0 radical (unpaired) electrons. The highest BCUT2D eigenvalue weighted by molar-refractivity contribution is 7.98. The summed E-state index contributed by atoms with van der Waals surface area (Å²) in [6, 6.07) is 18.6. The van der Waals surface area contributed by atoms with Crippen molar-refractivity contribution in [3.05, 3.63) is 93.7 Å². The van der Waals surface area contributed by atoms with E-state index in [9.17, 15) is 9.90 Å². The number of nitrogens with one attached hydrogen (secondary N) is 1. The van der Waals surface area contributed by atoms with Gasteiger partial charge in [0.1, 0.15) is 11.4 Å². The lowest BCUT2D eigenvalue weighted by Gasteiger charge is -2.13. The summed E-state index contributed by atoms with van der Waals surface area (Å²) in [4.78, 5) is 13.9. The van der Waals surface area contributed by atoms with Crippen molar-refractivity contribution in [2.24, 2.45) is 14.1 Å². The van der Waals surface area contributed by atoms with Gasteiger partial charge in [-0.3, -0.25) is 9.36 Å². The highest BCUT2D eigenvalue weighted by atomic mass is 35.5. The molecule has 0 saturated heterocycles. The zero-order valence-corrected chi connectivity index (χ0v) is 27.9. The fourth-order valence-corrected chi connectivity index (χ4v) is 8.54. The molecule has 240 valence electrons. The Kier molecular flexibility index (Phi) is 7.74. The highest BCUT2D eigenvalue weighted by Gasteiger charge is 2.29. The summed E-state index contributed by atoms with van der Waals surface area (Å²) < 4.78 is 12.3. The van der Waals surface area contributed by atoms with E-state index < -0.39 is 5.97 Å². The van der Waals surface area contributed by atoms with Crippen LogP contribution in [0.4, 0.5) is 0 Å². The number of halogens is 1. The molecule has 0 fully saturated rings. The van der Waals surface area contributed by atoms with Crippen molar-refractivity contribution in [1.29, 1.82) is 0 Å². The second kappa shape index (κ2) is 12.1. The van der Waals surface area contributed by atoms with Crippen LogP contribution in [0.1, 0.15) is 51.7 Å². The Hall–Kier alpha value is -4.25. The Morgan fingerprint density at radius 1 is 1.00 bits per heavy atom. The molecule has 5 heterocycles. The van der Waals surface area contributed by atoms with Gasteiger partial charge >= 0.3 is 5.97 Å². The van der Waals surface area contributed by atoms with Crippen molar-refractivity contribution in [2.45, 2.75) is 56.0 Å². The van der Waals surface area contributed by atoms with Gasteiger partial charge in [0.25, 0.3) is 0 Å². The molecular formula is C36H35ClN6O3S. The topological polar surface area (TPSA) is 99.1 Å². The van der Waals surface area contributed by atoms with E-state index in [1.165, 1.54) is 0 Å². The largest absolute Gasteiger partial charge is 0.493 e. The normalized spacial score (nSPS) is 15.4. The number of carboxylic acid groups (broad SMARTS) is 1. The average Bonchev–Trinajstić information content (AvgIpc) is 3.80. The first kappa shape index (κ1) is 30.1. The molecule has 0 atom stereocenters. The summed E-state index contributed by atoms with van der Waals surface area (Å²) in [7, 11) is 3.83. The van der Waals surface area contributed by atoms with E-state index in [2.05, 4.69) is 40.3 Å².